The molecule has 0 aliphatic carbocycles. The van der Waals surface area contributed by atoms with E-state index >= 15 is 0 Å². The lowest BCUT2D eigenvalue weighted by Gasteiger charge is -2.32. The van der Waals surface area contributed by atoms with E-state index in [9.17, 15) is 4.79 Å². The molecule has 1 saturated heterocycles. The summed E-state index contributed by atoms with van der Waals surface area (Å²) in [6.07, 6.45) is 0. The lowest BCUT2D eigenvalue weighted by Crippen LogP contribution is -2.48. The molecule has 1 heterocycles. The van der Waals surface area contributed by atoms with Gasteiger partial charge in [-0.25, -0.2) is 0 Å². The van der Waals surface area contributed by atoms with Gasteiger partial charge in [-0.05, 0) is 14.0 Å². The largest absolute Gasteiger partial charge is 0.372 e. The Hall–Kier alpha value is -0.610. The summed E-state index contributed by atoms with van der Waals surface area (Å²) in [5.74, 6) is 0.120. The van der Waals surface area contributed by atoms with E-state index in [1.807, 2.05) is 25.7 Å². The third-order valence-corrected chi connectivity index (χ3v) is 2.29. The fourth-order valence-electron chi connectivity index (χ4n) is 1.34. The number of piperazine rings is 1. The predicted octanol–water partition coefficient (Wildman–Crippen LogP) is 0.823. The number of hydrogen-bond acceptors (Lipinski definition) is 3. The maximum atomic E-state index is 11.4. The van der Waals surface area contributed by atoms with E-state index in [0.717, 1.165) is 26.2 Å². The lowest BCUT2D eigenvalue weighted by molar-refractivity contribution is -0.137. The molecule has 15 heavy (non-hydrogen) atoms. The fraction of sp³-hybridized carbons (Fsp3) is 0.909. The molecule has 0 unspecified atom stereocenters. The Balaban J connectivity index is 0.000000921. The topological polar surface area (TPSA) is 32.8 Å². The van der Waals surface area contributed by atoms with Gasteiger partial charge in [0.25, 0.3) is 0 Å². The lowest BCUT2D eigenvalue weighted by atomic mass is 10.3. The number of amides is 1. The second kappa shape index (κ2) is 8.68. The smallest absolute Gasteiger partial charge is 0.248 e. The number of carbonyl (C=O) groups is 1. The minimum Gasteiger partial charge on any atom is -0.372 e. The van der Waals surface area contributed by atoms with Gasteiger partial charge in [0.1, 0.15) is 6.61 Å². The van der Waals surface area contributed by atoms with Crippen molar-refractivity contribution in [3.05, 3.63) is 0 Å². The van der Waals surface area contributed by atoms with Crippen LogP contribution in [0.15, 0.2) is 0 Å². The van der Waals surface area contributed by atoms with Crippen molar-refractivity contribution < 1.29 is 9.53 Å². The van der Waals surface area contributed by atoms with Crippen LogP contribution in [0.2, 0.25) is 0 Å². The highest BCUT2D eigenvalue weighted by Gasteiger charge is 2.18. The highest BCUT2D eigenvalue weighted by atomic mass is 16.5. The molecule has 0 saturated carbocycles. The summed E-state index contributed by atoms with van der Waals surface area (Å²) in [6, 6.07) is 0. The molecule has 1 aliphatic heterocycles. The van der Waals surface area contributed by atoms with Crippen LogP contribution in [0.5, 0.6) is 0 Å². The molecule has 1 amide bonds. The monoisotopic (exact) mass is 216 g/mol. The number of carbonyl (C=O) groups excluding carboxylic acids is 1. The Labute approximate surface area is 93.2 Å². The molecule has 0 aromatic rings. The SMILES string of the molecule is CC.CCOCC(=O)N1CCN(C)CC1. The summed E-state index contributed by atoms with van der Waals surface area (Å²) in [5.41, 5.74) is 0. The summed E-state index contributed by atoms with van der Waals surface area (Å²) in [4.78, 5) is 15.5. The Bertz CT molecular complexity index is 166. The average Bonchev–Trinajstić information content (AvgIpc) is 2.29. The summed E-state index contributed by atoms with van der Waals surface area (Å²) in [6.45, 7) is 10.4. The number of likely N-dealkylation sites (N-methyl/N-ethyl adjacent to an activating group) is 1. The van der Waals surface area contributed by atoms with Gasteiger partial charge in [-0.3, -0.25) is 4.79 Å². The molecule has 0 aromatic carbocycles. The van der Waals surface area contributed by atoms with E-state index in [4.69, 9.17) is 4.74 Å². The molecule has 1 fully saturated rings. The maximum Gasteiger partial charge on any atom is 0.248 e. The average molecular weight is 216 g/mol. The molecule has 1 aliphatic rings. The van der Waals surface area contributed by atoms with Crippen LogP contribution in [-0.4, -0.2) is 62.1 Å². The van der Waals surface area contributed by atoms with Gasteiger partial charge in [-0.2, -0.15) is 0 Å². The quantitative estimate of drug-likeness (QED) is 0.700. The molecular formula is C11H24N2O2. The van der Waals surface area contributed by atoms with E-state index in [-0.39, 0.29) is 12.5 Å². The molecule has 0 N–H and O–H groups in total. The van der Waals surface area contributed by atoms with Crippen molar-refractivity contribution in [2.75, 3.05) is 46.4 Å². The molecule has 1 rings (SSSR count). The van der Waals surface area contributed by atoms with Crippen LogP contribution in [-0.2, 0) is 9.53 Å². The van der Waals surface area contributed by atoms with Crippen molar-refractivity contribution in [1.82, 2.24) is 9.80 Å². The first-order valence-electron chi connectivity index (χ1n) is 5.78. The van der Waals surface area contributed by atoms with Crippen LogP contribution in [0.4, 0.5) is 0 Å². The van der Waals surface area contributed by atoms with Crippen LogP contribution >= 0.6 is 0 Å². The van der Waals surface area contributed by atoms with Gasteiger partial charge in [0.15, 0.2) is 0 Å². The van der Waals surface area contributed by atoms with Crippen molar-refractivity contribution in [2.45, 2.75) is 20.8 Å². The third kappa shape index (κ3) is 5.74. The van der Waals surface area contributed by atoms with E-state index in [1.54, 1.807) is 0 Å². The summed E-state index contributed by atoms with van der Waals surface area (Å²) in [7, 11) is 2.07. The number of nitrogens with zero attached hydrogens (tertiary/aromatic N) is 2. The molecular weight excluding hydrogens is 192 g/mol. The zero-order chi connectivity index (χ0) is 11.7. The second-order valence-corrected chi connectivity index (χ2v) is 3.32. The van der Waals surface area contributed by atoms with Gasteiger partial charge in [0.05, 0.1) is 0 Å². The Morgan fingerprint density at radius 2 is 1.73 bits per heavy atom. The zero-order valence-corrected chi connectivity index (χ0v) is 10.5. The third-order valence-electron chi connectivity index (χ3n) is 2.29. The van der Waals surface area contributed by atoms with Crippen molar-refractivity contribution >= 4 is 5.91 Å². The van der Waals surface area contributed by atoms with Crippen LogP contribution in [0.25, 0.3) is 0 Å². The summed E-state index contributed by atoms with van der Waals surface area (Å²) in [5, 5.41) is 0. The Kier molecular flexibility index (Phi) is 8.33. The van der Waals surface area contributed by atoms with Crippen LogP contribution < -0.4 is 0 Å². The maximum absolute atomic E-state index is 11.4. The van der Waals surface area contributed by atoms with Gasteiger partial charge in [0, 0.05) is 32.8 Å². The van der Waals surface area contributed by atoms with Crippen LogP contribution in [0.3, 0.4) is 0 Å². The molecule has 4 heteroatoms. The van der Waals surface area contributed by atoms with Gasteiger partial charge in [0.2, 0.25) is 5.91 Å². The van der Waals surface area contributed by atoms with Crippen molar-refractivity contribution in [3.63, 3.8) is 0 Å². The molecule has 90 valence electrons. The highest BCUT2D eigenvalue weighted by molar-refractivity contribution is 5.77. The number of hydrogen-bond donors (Lipinski definition) is 0. The number of ether oxygens (including phenoxy) is 1. The van der Waals surface area contributed by atoms with E-state index in [0.29, 0.717) is 6.61 Å². The first-order valence-corrected chi connectivity index (χ1v) is 5.78. The first kappa shape index (κ1) is 14.4. The minimum atomic E-state index is 0.120. The minimum absolute atomic E-state index is 0.120. The fourth-order valence-corrected chi connectivity index (χ4v) is 1.34. The summed E-state index contributed by atoms with van der Waals surface area (Å²) >= 11 is 0. The van der Waals surface area contributed by atoms with E-state index in [2.05, 4.69) is 11.9 Å². The Morgan fingerprint density at radius 1 is 1.20 bits per heavy atom. The van der Waals surface area contributed by atoms with Crippen molar-refractivity contribution in [1.29, 1.82) is 0 Å². The standard InChI is InChI=1S/C9H18N2O2.C2H6/c1-3-13-8-9(12)11-6-4-10(2)5-7-11;1-2/h3-8H2,1-2H3;1-2H3. The van der Waals surface area contributed by atoms with Crippen LogP contribution in [0, 0.1) is 0 Å². The first-order chi connectivity index (χ1) is 7.24. The highest BCUT2D eigenvalue weighted by Crippen LogP contribution is 1.99. The van der Waals surface area contributed by atoms with Gasteiger partial charge < -0.3 is 14.5 Å². The molecule has 0 aromatic heterocycles. The Morgan fingerprint density at radius 3 is 2.20 bits per heavy atom. The van der Waals surface area contributed by atoms with E-state index in [1.165, 1.54) is 0 Å². The van der Waals surface area contributed by atoms with Gasteiger partial charge in [-0.15, -0.1) is 0 Å². The van der Waals surface area contributed by atoms with Gasteiger partial charge in [-0.1, -0.05) is 13.8 Å². The van der Waals surface area contributed by atoms with Gasteiger partial charge >= 0.3 is 0 Å². The second-order valence-electron chi connectivity index (χ2n) is 3.32. The molecule has 0 radical (unpaired) electrons. The van der Waals surface area contributed by atoms with Crippen LogP contribution in [0.1, 0.15) is 20.8 Å². The molecule has 0 atom stereocenters. The normalized spacial score (nSPS) is 16.9. The van der Waals surface area contributed by atoms with Crippen molar-refractivity contribution in [2.24, 2.45) is 0 Å². The molecule has 0 bridgehead atoms. The van der Waals surface area contributed by atoms with E-state index < -0.39 is 0 Å². The predicted molar refractivity (Wildman–Crippen MR) is 61.9 cm³/mol. The summed E-state index contributed by atoms with van der Waals surface area (Å²) < 4.78 is 5.07. The number of rotatable bonds is 3. The zero-order valence-electron chi connectivity index (χ0n) is 10.5. The molecule has 0 spiro atoms. The van der Waals surface area contributed by atoms with Crippen molar-refractivity contribution in [3.8, 4) is 0 Å². The molecule has 4 nitrogen and oxygen atoms in total.